The first kappa shape index (κ1) is 17.9. The summed E-state index contributed by atoms with van der Waals surface area (Å²) in [6.45, 7) is 3.71. The summed E-state index contributed by atoms with van der Waals surface area (Å²) in [6.07, 6.45) is 0. The Balaban J connectivity index is 2.25. The van der Waals surface area contributed by atoms with Crippen molar-refractivity contribution in [2.24, 2.45) is 5.73 Å². The number of nitrogens with two attached hydrogens (primary N) is 1. The second-order valence-electron chi connectivity index (χ2n) is 6.21. The van der Waals surface area contributed by atoms with E-state index in [1.165, 1.54) is 31.4 Å². The molecule has 2 aromatic rings. The largest absolute Gasteiger partial charge is 0.497 e. The van der Waals surface area contributed by atoms with Gasteiger partial charge in [0.25, 0.3) is 5.91 Å². The second-order valence-corrected chi connectivity index (χ2v) is 6.21. The van der Waals surface area contributed by atoms with Crippen LogP contribution in [0.1, 0.15) is 24.2 Å². The van der Waals surface area contributed by atoms with Crippen molar-refractivity contribution in [1.29, 1.82) is 0 Å². The highest BCUT2D eigenvalue weighted by molar-refractivity contribution is 5.95. The smallest absolute Gasteiger partial charge is 0.254 e. The van der Waals surface area contributed by atoms with E-state index in [4.69, 9.17) is 10.5 Å². The SMILES string of the molecule is COc1ccc(-c2ccc(C(=O)NCC(C)(C)N)c(F)c2)c(F)c1. The first-order chi connectivity index (χ1) is 11.2. The minimum atomic E-state index is -0.727. The van der Waals surface area contributed by atoms with Crippen LogP contribution in [0.3, 0.4) is 0 Å². The van der Waals surface area contributed by atoms with E-state index in [-0.39, 0.29) is 17.7 Å². The van der Waals surface area contributed by atoms with Crippen LogP contribution in [-0.4, -0.2) is 25.1 Å². The number of halogens is 2. The van der Waals surface area contributed by atoms with E-state index < -0.39 is 23.1 Å². The van der Waals surface area contributed by atoms with E-state index >= 15 is 0 Å². The minimum Gasteiger partial charge on any atom is -0.497 e. The number of ether oxygens (including phenoxy) is 1. The quantitative estimate of drug-likeness (QED) is 0.883. The normalized spacial score (nSPS) is 11.2. The molecule has 0 aromatic heterocycles. The summed E-state index contributed by atoms with van der Waals surface area (Å²) in [4.78, 5) is 12.0. The lowest BCUT2D eigenvalue weighted by molar-refractivity contribution is 0.0942. The van der Waals surface area contributed by atoms with Gasteiger partial charge in [0, 0.05) is 23.7 Å². The zero-order valence-corrected chi connectivity index (χ0v) is 13.8. The Morgan fingerprint density at radius 3 is 2.42 bits per heavy atom. The summed E-state index contributed by atoms with van der Waals surface area (Å²) in [5.41, 5.74) is 5.63. The molecule has 0 bridgehead atoms. The van der Waals surface area contributed by atoms with Gasteiger partial charge >= 0.3 is 0 Å². The van der Waals surface area contributed by atoms with Crippen molar-refractivity contribution in [1.82, 2.24) is 5.32 Å². The van der Waals surface area contributed by atoms with E-state index in [1.54, 1.807) is 19.9 Å². The Morgan fingerprint density at radius 1 is 1.17 bits per heavy atom. The predicted octanol–water partition coefficient (Wildman–Crippen LogP) is 3.11. The summed E-state index contributed by atoms with van der Waals surface area (Å²) < 4.78 is 33.3. The van der Waals surface area contributed by atoms with Crippen LogP contribution >= 0.6 is 0 Å². The van der Waals surface area contributed by atoms with Gasteiger partial charge in [0.05, 0.1) is 12.7 Å². The van der Waals surface area contributed by atoms with Gasteiger partial charge < -0.3 is 15.8 Å². The molecule has 0 aliphatic heterocycles. The lowest BCUT2D eigenvalue weighted by Crippen LogP contribution is -2.45. The van der Waals surface area contributed by atoms with E-state index in [0.717, 1.165) is 6.07 Å². The highest BCUT2D eigenvalue weighted by Gasteiger charge is 2.17. The van der Waals surface area contributed by atoms with Crippen LogP contribution in [0.5, 0.6) is 5.75 Å². The van der Waals surface area contributed by atoms with E-state index in [9.17, 15) is 13.6 Å². The molecule has 0 atom stereocenters. The van der Waals surface area contributed by atoms with Crippen molar-refractivity contribution in [3.8, 4) is 16.9 Å². The van der Waals surface area contributed by atoms with Crippen molar-refractivity contribution in [2.45, 2.75) is 19.4 Å². The lowest BCUT2D eigenvalue weighted by Gasteiger charge is -2.19. The fourth-order valence-corrected chi connectivity index (χ4v) is 2.13. The minimum absolute atomic E-state index is 0.114. The van der Waals surface area contributed by atoms with Crippen molar-refractivity contribution < 1.29 is 18.3 Å². The summed E-state index contributed by atoms with van der Waals surface area (Å²) in [5, 5.41) is 2.57. The molecule has 0 saturated carbocycles. The Labute approximate surface area is 139 Å². The second kappa shape index (κ2) is 6.97. The molecule has 2 aromatic carbocycles. The van der Waals surface area contributed by atoms with Gasteiger partial charge in [-0.3, -0.25) is 4.79 Å². The number of carbonyl (C=O) groups is 1. The first-order valence-electron chi connectivity index (χ1n) is 7.42. The van der Waals surface area contributed by atoms with E-state index in [0.29, 0.717) is 11.3 Å². The number of rotatable bonds is 5. The average Bonchev–Trinajstić information content (AvgIpc) is 2.51. The van der Waals surface area contributed by atoms with Crippen LogP contribution < -0.4 is 15.8 Å². The topological polar surface area (TPSA) is 64.3 Å². The summed E-state index contributed by atoms with van der Waals surface area (Å²) in [5.74, 6) is -1.45. The van der Waals surface area contributed by atoms with Gasteiger partial charge in [-0.1, -0.05) is 6.07 Å². The molecule has 128 valence electrons. The maximum atomic E-state index is 14.2. The van der Waals surface area contributed by atoms with Crippen molar-refractivity contribution in [3.63, 3.8) is 0 Å². The van der Waals surface area contributed by atoms with E-state index in [1.807, 2.05) is 0 Å². The van der Waals surface area contributed by atoms with Crippen molar-refractivity contribution >= 4 is 5.91 Å². The Kier molecular flexibility index (Phi) is 5.19. The van der Waals surface area contributed by atoms with Gasteiger partial charge in [-0.25, -0.2) is 8.78 Å². The molecule has 1 amide bonds. The van der Waals surface area contributed by atoms with Gasteiger partial charge in [-0.05, 0) is 43.7 Å². The molecule has 0 aliphatic carbocycles. The third-order valence-corrected chi connectivity index (χ3v) is 3.41. The number of amides is 1. The van der Waals surface area contributed by atoms with Crippen LogP contribution in [0, 0.1) is 11.6 Å². The maximum Gasteiger partial charge on any atom is 0.254 e. The fourth-order valence-electron chi connectivity index (χ4n) is 2.13. The Morgan fingerprint density at radius 2 is 1.88 bits per heavy atom. The molecule has 6 heteroatoms. The van der Waals surface area contributed by atoms with Crippen LogP contribution in [0.4, 0.5) is 8.78 Å². The third kappa shape index (κ3) is 4.29. The monoisotopic (exact) mass is 334 g/mol. The van der Waals surface area contributed by atoms with Crippen molar-refractivity contribution in [3.05, 3.63) is 53.6 Å². The third-order valence-electron chi connectivity index (χ3n) is 3.41. The van der Waals surface area contributed by atoms with Gasteiger partial charge in [-0.2, -0.15) is 0 Å². The average molecular weight is 334 g/mol. The van der Waals surface area contributed by atoms with E-state index in [2.05, 4.69) is 5.32 Å². The molecule has 0 spiro atoms. The molecule has 3 N–H and O–H groups in total. The Hall–Kier alpha value is -2.47. The van der Waals surface area contributed by atoms with Crippen LogP contribution in [0.25, 0.3) is 11.1 Å². The molecule has 24 heavy (non-hydrogen) atoms. The first-order valence-corrected chi connectivity index (χ1v) is 7.42. The standard InChI is InChI=1S/C18H20F2N2O2/c1-18(2,21)10-22-17(23)14-6-4-11(8-15(14)19)13-7-5-12(24-3)9-16(13)20/h4-9H,10,21H2,1-3H3,(H,22,23). The fraction of sp³-hybridized carbons (Fsp3) is 0.278. The zero-order chi connectivity index (χ0) is 17.9. The summed E-state index contributed by atoms with van der Waals surface area (Å²) in [7, 11) is 1.43. The van der Waals surface area contributed by atoms with Gasteiger partial charge in [0.1, 0.15) is 17.4 Å². The number of hydrogen-bond acceptors (Lipinski definition) is 3. The molecular formula is C18H20F2N2O2. The zero-order valence-electron chi connectivity index (χ0n) is 13.8. The Bertz CT molecular complexity index is 755. The molecule has 4 nitrogen and oxygen atoms in total. The number of carbonyl (C=O) groups excluding carboxylic acids is 1. The van der Waals surface area contributed by atoms with Crippen LogP contribution in [0.2, 0.25) is 0 Å². The summed E-state index contributed by atoms with van der Waals surface area (Å²) in [6, 6.07) is 8.26. The highest BCUT2D eigenvalue weighted by atomic mass is 19.1. The number of methoxy groups -OCH3 is 1. The lowest BCUT2D eigenvalue weighted by atomic mass is 10.0. The summed E-state index contributed by atoms with van der Waals surface area (Å²) >= 11 is 0. The maximum absolute atomic E-state index is 14.2. The number of hydrogen-bond donors (Lipinski definition) is 2. The molecule has 0 unspecified atom stereocenters. The molecule has 0 aliphatic rings. The van der Waals surface area contributed by atoms with Crippen molar-refractivity contribution in [2.75, 3.05) is 13.7 Å². The van der Waals surface area contributed by atoms with Gasteiger partial charge in [-0.15, -0.1) is 0 Å². The highest BCUT2D eigenvalue weighted by Crippen LogP contribution is 2.27. The van der Waals surface area contributed by atoms with Crippen LogP contribution in [0.15, 0.2) is 36.4 Å². The number of nitrogens with one attached hydrogen (secondary N) is 1. The molecule has 2 rings (SSSR count). The molecular weight excluding hydrogens is 314 g/mol. The molecule has 0 fully saturated rings. The predicted molar refractivity (Wildman–Crippen MR) is 88.9 cm³/mol. The number of benzene rings is 2. The molecule has 0 radical (unpaired) electrons. The molecule has 0 heterocycles. The van der Waals surface area contributed by atoms with Gasteiger partial charge in [0.15, 0.2) is 0 Å². The molecule has 0 saturated heterocycles. The van der Waals surface area contributed by atoms with Gasteiger partial charge in [0.2, 0.25) is 0 Å². The van der Waals surface area contributed by atoms with Crippen LogP contribution in [-0.2, 0) is 0 Å².